The summed E-state index contributed by atoms with van der Waals surface area (Å²) in [6.45, 7) is 2.95. The lowest BCUT2D eigenvalue weighted by Gasteiger charge is -2.36. The molecule has 0 bridgehead atoms. The zero-order valence-corrected chi connectivity index (χ0v) is 16.5. The van der Waals surface area contributed by atoms with E-state index in [4.69, 9.17) is 9.26 Å². The molecule has 2 aromatic carbocycles. The van der Waals surface area contributed by atoms with Gasteiger partial charge in [-0.05, 0) is 12.1 Å². The van der Waals surface area contributed by atoms with E-state index in [1.165, 1.54) is 0 Å². The Morgan fingerprint density at radius 1 is 1.03 bits per heavy atom. The molecule has 0 aliphatic carbocycles. The average Bonchev–Trinajstić information content (AvgIpc) is 3.27. The van der Waals surface area contributed by atoms with Gasteiger partial charge in [-0.25, -0.2) is 0 Å². The van der Waals surface area contributed by atoms with E-state index in [0.29, 0.717) is 37.6 Å². The molecule has 7 heteroatoms. The van der Waals surface area contributed by atoms with Crippen molar-refractivity contribution in [2.75, 3.05) is 38.2 Å². The van der Waals surface area contributed by atoms with Crippen molar-refractivity contribution in [2.45, 2.75) is 12.8 Å². The number of rotatable bonds is 6. The molecule has 1 saturated heterocycles. The SMILES string of the molecule is COc1ccccc1N1CCN(C(=O)CCc2nc(-c3ccccc3)no2)CC1. The fourth-order valence-electron chi connectivity index (χ4n) is 3.52. The van der Waals surface area contributed by atoms with Crippen LogP contribution in [-0.4, -0.2) is 54.2 Å². The maximum atomic E-state index is 12.6. The van der Waals surface area contributed by atoms with Crippen LogP contribution in [0.3, 0.4) is 0 Å². The molecule has 0 spiro atoms. The van der Waals surface area contributed by atoms with Gasteiger partial charge in [-0.15, -0.1) is 0 Å². The van der Waals surface area contributed by atoms with Gasteiger partial charge in [-0.2, -0.15) is 4.98 Å². The van der Waals surface area contributed by atoms with Crippen molar-refractivity contribution < 1.29 is 14.1 Å². The van der Waals surface area contributed by atoms with Gasteiger partial charge in [-0.3, -0.25) is 4.79 Å². The molecule has 4 rings (SSSR count). The van der Waals surface area contributed by atoms with E-state index in [9.17, 15) is 4.79 Å². The number of nitrogens with zero attached hydrogens (tertiary/aromatic N) is 4. The number of aryl methyl sites for hydroxylation is 1. The van der Waals surface area contributed by atoms with E-state index in [-0.39, 0.29) is 5.91 Å². The largest absolute Gasteiger partial charge is 0.495 e. The van der Waals surface area contributed by atoms with Crippen molar-refractivity contribution in [3.8, 4) is 17.1 Å². The summed E-state index contributed by atoms with van der Waals surface area (Å²) in [6.07, 6.45) is 0.816. The summed E-state index contributed by atoms with van der Waals surface area (Å²) in [5, 5.41) is 4.01. The van der Waals surface area contributed by atoms with Crippen molar-refractivity contribution in [1.29, 1.82) is 0 Å². The van der Waals surface area contributed by atoms with Gasteiger partial charge < -0.3 is 19.1 Å². The number of ether oxygens (including phenoxy) is 1. The van der Waals surface area contributed by atoms with Crippen LogP contribution in [-0.2, 0) is 11.2 Å². The van der Waals surface area contributed by atoms with Gasteiger partial charge in [0.2, 0.25) is 17.6 Å². The van der Waals surface area contributed by atoms with Gasteiger partial charge in [0.25, 0.3) is 0 Å². The van der Waals surface area contributed by atoms with E-state index < -0.39 is 0 Å². The van der Waals surface area contributed by atoms with Crippen LogP contribution in [0.2, 0.25) is 0 Å². The van der Waals surface area contributed by atoms with Crippen LogP contribution in [0.4, 0.5) is 5.69 Å². The third-order valence-corrected chi connectivity index (χ3v) is 5.11. The number of piperazine rings is 1. The standard InChI is InChI=1S/C22H24N4O3/c1-28-19-10-6-5-9-18(19)25-13-15-26(16-14-25)21(27)12-11-20-23-22(24-29-20)17-7-3-2-4-8-17/h2-10H,11-16H2,1H3. The van der Waals surface area contributed by atoms with Crippen LogP contribution in [0.5, 0.6) is 5.75 Å². The fraction of sp³-hybridized carbons (Fsp3) is 0.318. The number of aromatic nitrogens is 2. The molecule has 29 heavy (non-hydrogen) atoms. The van der Waals surface area contributed by atoms with Crippen LogP contribution in [0.1, 0.15) is 12.3 Å². The lowest BCUT2D eigenvalue weighted by Crippen LogP contribution is -2.48. The monoisotopic (exact) mass is 392 g/mol. The maximum absolute atomic E-state index is 12.6. The highest BCUT2D eigenvalue weighted by Gasteiger charge is 2.23. The summed E-state index contributed by atoms with van der Waals surface area (Å²) in [6, 6.07) is 17.6. The minimum atomic E-state index is 0.115. The number of hydrogen-bond acceptors (Lipinski definition) is 6. The summed E-state index contributed by atoms with van der Waals surface area (Å²) < 4.78 is 10.8. The predicted octanol–water partition coefficient (Wildman–Crippen LogP) is 3.03. The Labute approximate surface area is 169 Å². The minimum absolute atomic E-state index is 0.115. The number of amides is 1. The van der Waals surface area contributed by atoms with Gasteiger partial charge in [-0.1, -0.05) is 47.6 Å². The molecule has 0 N–H and O–H groups in total. The third-order valence-electron chi connectivity index (χ3n) is 5.11. The molecular formula is C22H24N4O3. The Hall–Kier alpha value is -3.35. The molecule has 0 atom stereocenters. The van der Waals surface area contributed by atoms with Crippen molar-refractivity contribution in [2.24, 2.45) is 0 Å². The molecule has 1 aromatic heterocycles. The summed E-state index contributed by atoms with van der Waals surface area (Å²) in [5.74, 6) is 2.02. The number of carbonyl (C=O) groups is 1. The first-order chi connectivity index (χ1) is 14.2. The smallest absolute Gasteiger partial charge is 0.227 e. The number of carbonyl (C=O) groups excluding carboxylic acids is 1. The van der Waals surface area contributed by atoms with Crippen molar-refractivity contribution in [3.05, 3.63) is 60.5 Å². The van der Waals surface area contributed by atoms with E-state index in [1.807, 2.05) is 53.4 Å². The first-order valence-corrected chi connectivity index (χ1v) is 9.78. The Bertz CT molecular complexity index is 949. The maximum Gasteiger partial charge on any atom is 0.227 e. The zero-order chi connectivity index (χ0) is 20.1. The summed E-state index contributed by atoms with van der Waals surface area (Å²) >= 11 is 0. The number of benzene rings is 2. The molecule has 1 aliphatic heterocycles. The molecule has 0 unspecified atom stereocenters. The zero-order valence-electron chi connectivity index (χ0n) is 16.5. The molecule has 0 saturated carbocycles. The second-order valence-electron chi connectivity index (χ2n) is 6.92. The lowest BCUT2D eigenvalue weighted by molar-refractivity contribution is -0.131. The minimum Gasteiger partial charge on any atom is -0.495 e. The topological polar surface area (TPSA) is 71.7 Å². The second kappa shape index (κ2) is 8.77. The Kier molecular flexibility index (Phi) is 5.74. The summed E-state index contributed by atoms with van der Waals surface area (Å²) in [7, 11) is 1.68. The molecular weight excluding hydrogens is 368 g/mol. The molecule has 0 radical (unpaired) electrons. The van der Waals surface area contributed by atoms with Crippen molar-refractivity contribution in [1.82, 2.24) is 15.0 Å². The van der Waals surface area contributed by atoms with Gasteiger partial charge in [0.15, 0.2) is 0 Å². The van der Waals surface area contributed by atoms with Crippen LogP contribution in [0.15, 0.2) is 59.1 Å². The fourth-order valence-corrected chi connectivity index (χ4v) is 3.52. The van der Waals surface area contributed by atoms with Gasteiger partial charge in [0.05, 0.1) is 12.8 Å². The van der Waals surface area contributed by atoms with E-state index in [1.54, 1.807) is 7.11 Å². The van der Waals surface area contributed by atoms with Crippen LogP contribution in [0.25, 0.3) is 11.4 Å². The number of anilines is 1. The number of hydrogen-bond donors (Lipinski definition) is 0. The van der Waals surface area contributed by atoms with Crippen LogP contribution in [0, 0.1) is 0 Å². The molecule has 1 amide bonds. The molecule has 1 fully saturated rings. The summed E-state index contributed by atoms with van der Waals surface area (Å²) in [5.41, 5.74) is 1.97. The van der Waals surface area contributed by atoms with E-state index in [0.717, 1.165) is 30.1 Å². The van der Waals surface area contributed by atoms with Crippen LogP contribution >= 0.6 is 0 Å². The Morgan fingerprint density at radius 3 is 2.52 bits per heavy atom. The van der Waals surface area contributed by atoms with Gasteiger partial charge in [0, 0.05) is 44.6 Å². The van der Waals surface area contributed by atoms with Gasteiger partial charge >= 0.3 is 0 Å². The van der Waals surface area contributed by atoms with Crippen molar-refractivity contribution in [3.63, 3.8) is 0 Å². The molecule has 1 aliphatic rings. The van der Waals surface area contributed by atoms with Gasteiger partial charge in [0.1, 0.15) is 5.75 Å². The van der Waals surface area contributed by atoms with E-state index in [2.05, 4.69) is 21.1 Å². The normalized spacial score (nSPS) is 14.1. The predicted molar refractivity (Wildman–Crippen MR) is 110 cm³/mol. The van der Waals surface area contributed by atoms with Crippen LogP contribution < -0.4 is 9.64 Å². The molecule has 3 aromatic rings. The molecule has 7 nitrogen and oxygen atoms in total. The highest BCUT2D eigenvalue weighted by atomic mass is 16.5. The summed E-state index contributed by atoms with van der Waals surface area (Å²) in [4.78, 5) is 21.2. The number of para-hydroxylation sites is 2. The quantitative estimate of drug-likeness (QED) is 0.642. The third kappa shape index (κ3) is 4.39. The lowest BCUT2D eigenvalue weighted by atomic mass is 10.2. The Balaban J connectivity index is 1.29. The number of methoxy groups -OCH3 is 1. The highest BCUT2D eigenvalue weighted by Crippen LogP contribution is 2.28. The first-order valence-electron chi connectivity index (χ1n) is 9.78. The second-order valence-corrected chi connectivity index (χ2v) is 6.92. The van der Waals surface area contributed by atoms with Crippen molar-refractivity contribution >= 4 is 11.6 Å². The Morgan fingerprint density at radius 2 is 1.76 bits per heavy atom. The van der Waals surface area contributed by atoms with E-state index >= 15 is 0 Å². The molecule has 150 valence electrons. The first kappa shape index (κ1) is 19.0. The molecule has 2 heterocycles. The average molecular weight is 392 g/mol. The highest BCUT2D eigenvalue weighted by molar-refractivity contribution is 5.76.